The fourth-order valence-electron chi connectivity index (χ4n) is 4.20. The summed E-state index contributed by atoms with van der Waals surface area (Å²) in [5.74, 6) is 0.410. The van der Waals surface area contributed by atoms with Crippen molar-refractivity contribution in [1.82, 2.24) is 19.5 Å². The van der Waals surface area contributed by atoms with Crippen LogP contribution in [0.1, 0.15) is 37.3 Å². The number of rotatable bonds is 3. The van der Waals surface area contributed by atoms with Gasteiger partial charge in [-0.2, -0.15) is 5.10 Å². The van der Waals surface area contributed by atoms with Gasteiger partial charge in [-0.15, -0.1) is 0 Å². The monoisotopic (exact) mass is 435 g/mol. The van der Waals surface area contributed by atoms with Crippen LogP contribution in [0.4, 0.5) is 0 Å². The van der Waals surface area contributed by atoms with E-state index in [0.29, 0.717) is 17.1 Å². The van der Waals surface area contributed by atoms with Crippen LogP contribution < -0.4 is 10.3 Å². The first-order chi connectivity index (χ1) is 15.0. The van der Waals surface area contributed by atoms with Gasteiger partial charge >= 0.3 is 0 Å². The summed E-state index contributed by atoms with van der Waals surface area (Å²) in [6.07, 6.45) is 6.43. The molecule has 0 amide bonds. The Kier molecular flexibility index (Phi) is 4.90. The van der Waals surface area contributed by atoms with Gasteiger partial charge in [0.1, 0.15) is 5.84 Å². The zero-order valence-corrected chi connectivity index (χ0v) is 17.5. The van der Waals surface area contributed by atoms with Crippen LogP contribution in [0.5, 0.6) is 0 Å². The molecule has 3 aromatic rings. The molecule has 9 heteroatoms. The molecule has 0 bridgehead atoms. The van der Waals surface area contributed by atoms with E-state index >= 15 is 0 Å². The largest absolute Gasteiger partial charge is 0.268 e. The van der Waals surface area contributed by atoms with Gasteiger partial charge in [0.15, 0.2) is 0 Å². The molecule has 2 aromatic heterocycles. The molecule has 0 spiro atoms. The topological polar surface area (TPSA) is 106 Å². The molecule has 1 saturated carbocycles. The summed E-state index contributed by atoms with van der Waals surface area (Å²) in [4.78, 5) is 21.5. The molecular weight excluding hydrogens is 414 g/mol. The lowest BCUT2D eigenvalue weighted by Crippen LogP contribution is -2.31. The minimum Gasteiger partial charge on any atom is -0.268 e. The maximum atomic E-state index is 12.5. The quantitative estimate of drug-likeness (QED) is 0.680. The predicted octanol–water partition coefficient (Wildman–Crippen LogP) is 2.53. The van der Waals surface area contributed by atoms with E-state index in [1.54, 1.807) is 53.5 Å². The van der Waals surface area contributed by atoms with Crippen LogP contribution in [0.15, 0.2) is 75.6 Å². The van der Waals surface area contributed by atoms with Crippen LogP contribution in [-0.4, -0.2) is 35.1 Å². The zero-order chi connectivity index (χ0) is 21.4. The lowest BCUT2D eigenvalue weighted by Gasteiger charge is -2.27. The SMILES string of the molecule is O=c1ccc(-c2cccnc2)nn1C1CCC(N=C2NS(=O)(=O)c3ccccc32)CC1. The number of pyridine rings is 1. The zero-order valence-electron chi connectivity index (χ0n) is 16.7. The van der Waals surface area contributed by atoms with Crippen molar-refractivity contribution in [2.45, 2.75) is 42.7 Å². The van der Waals surface area contributed by atoms with E-state index in [1.165, 1.54) is 0 Å². The van der Waals surface area contributed by atoms with E-state index in [0.717, 1.165) is 31.2 Å². The highest BCUT2D eigenvalue weighted by Crippen LogP contribution is 2.31. The number of aliphatic imine (C=N–C) groups is 1. The predicted molar refractivity (Wildman–Crippen MR) is 116 cm³/mol. The van der Waals surface area contributed by atoms with Crippen LogP contribution in [-0.2, 0) is 10.0 Å². The van der Waals surface area contributed by atoms with E-state index in [1.807, 2.05) is 12.1 Å². The summed E-state index contributed by atoms with van der Waals surface area (Å²) in [5.41, 5.74) is 2.07. The summed E-state index contributed by atoms with van der Waals surface area (Å²) in [6, 6.07) is 13.9. The average Bonchev–Trinajstić information content (AvgIpc) is 3.05. The van der Waals surface area contributed by atoms with E-state index in [-0.39, 0.29) is 22.5 Å². The van der Waals surface area contributed by atoms with E-state index in [2.05, 4.69) is 14.8 Å². The van der Waals surface area contributed by atoms with Crippen molar-refractivity contribution in [3.05, 3.63) is 76.8 Å². The second-order valence-electron chi connectivity index (χ2n) is 7.78. The molecule has 3 heterocycles. The summed E-state index contributed by atoms with van der Waals surface area (Å²) < 4.78 is 28.7. The fourth-order valence-corrected chi connectivity index (χ4v) is 5.44. The van der Waals surface area contributed by atoms with Crippen LogP contribution in [0.3, 0.4) is 0 Å². The molecule has 0 atom stereocenters. The fraction of sp³-hybridized carbons (Fsp3) is 0.273. The third-order valence-electron chi connectivity index (χ3n) is 5.77. The Balaban J connectivity index is 1.34. The second-order valence-corrected chi connectivity index (χ2v) is 9.44. The molecule has 1 aliphatic carbocycles. The molecule has 1 aromatic carbocycles. The third-order valence-corrected chi connectivity index (χ3v) is 7.17. The number of hydrogen-bond acceptors (Lipinski definition) is 6. The molecule has 1 N–H and O–H groups in total. The van der Waals surface area contributed by atoms with Crippen LogP contribution in [0.25, 0.3) is 11.3 Å². The minimum atomic E-state index is -3.54. The molecule has 5 rings (SSSR count). The Morgan fingerprint density at radius 3 is 2.58 bits per heavy atom. The lowest BCUT2D eigenvalue weighted by atomic mass is 9.91. The van der Waals surface area contributed by atoms with Gasteiger partial charge in [0, 0.05) is 29.6 Å². The Morgan fingerprint density at radius 1 is 1.00 bits per heavy atom. The Bertz CT molecular complexity index is 1310. The first-order valence-corrected chi connectivity index (χ1v) is 11.7. The molecule has 31 heavy (non-hydrogen) atoms. The average molecular weight is 436 g/mol. The van der Waals surface area contributed by atoms with Gasteiger partial charge in [0.05, 0.1) is 22.7 Å². The molecule has 2 aliphatic rings. The van der Waals surface area contributed by atoms with Crippen LogP contribution in [0.2, 0.25) is 0 Å². The first kappa shape index (κ1) is 19.6. The summed E-state index contributed by atoms with van der Waals surface area (Å²) >= 11 is 0. The van der Waals surface area contributed by atoms with Crippen molar-refractivity contribution in [3.8, 4) is 11.3 Å². The highest BCUT2D eigenvalue weighted by atomic mass is 32.2. The van der Waals surface area contributed by atoms with Gasteiger partial charge in [-0.05, 0) is 56.0 Å². The van der Waals surface area contributed by atoms with Crippen molar-refractivity contribution in [2.75, 3.05) is 0 Å². The first-order valence-electron chi connectivity index (χ1n) is 10.2. The van der Waals surface area contributed by atoms with Crippen molar-refractivity contribution in [1.29, 1.82) is 0 Å². The van der Waals surface area contributed by atoms with Gasteiger partial charge in [-0.3, -0.25) is 19.5 Å². The highest BCUT2D eigenvalue weighted by molar-refractivity contribution is 7.90. The molecular formula is C22H21N5O3S. The summed E-state index contributed by atoms with van der Waals surface area (Å²) in [6.45, 7) is 0. The minimum absolute atomic E-state index is 0.00249. The van der Waals surface area contributed by atoms with Crippen LogP contribution in [0, 0.1) is 0 Å². The number of sulfonamides is 1. The lowest BCUT2D eigenvalue weighted by molar-refractivity contribution is 0.297. The van der Waals surface area contributed by atoms with Gasteiger partial charge in [-0.25, -0.2) is 13.1 Å². The highest BCUT2D eigenvalue weighted by Gasteiger charge is 2.32. The number of fused-ring (bicyclic) bond motifs is 1. The number of hydrogen-bond donors (Lipinski definition) is 1. The maximum Gasteiger partial charge on any atom is 0.267 e. The van der Waals surface area contributed by atoms with Crippen LogP contribution >= 0.6 is 0 Å². The number of aromatic nitrogens is 3. The van der Waals surface area contributed by atoms with E-state index in [9.17, 15) is 13.2 Å². The molecule has 8 nitrogen and oxygen atoms in total. The second kappa shape index (κ2) is 7.73. The Hall–Kier alpha value is -3.33. The van der Waals surface area contributed by atoms with Gasteiger partial charge in [0.2, 0.25) is 0 Å². The number of benzene rings is 1. The van der Waals surface area contributed by atoms with Gasteiger partial charge in [0.25, 0.3) is 15.6 Å². The molecule has 0 unspecified atom stereocenters. The molecule has 1 fully saturated rings. The molecule has 158 valence electrons. The molecule has 0 radical (unpaired) electrons. The van der Waals surface area contributed by atoms with E-state index < -0.39 is 10.0 Å². The summed E-state index contributed by atoms with van der Waals surface area (Å²) in [7, 11) is -3.54. The normalized spacial score (nSPS) is 23.3. The van der Waals surface area contributed by atoms with Crippen molar-refractivity contribution in [2.24, 2.45) is 4.99 Å². The van der Waals surface area contributed by atoms with Crippen molar-refractivity contribution < 1.29 is 8.42 Å². The van der Waals surface area contributed by atoms with Crippen molar-refractivity contribution in [3.63, 3.8) is 0 Å². The van der Waals surface area contributed by atoms with E-state index in [4.69, 9.17) is 4.99 Å². The summed E-state index contributed by atoms with van der Waals surface area (Å²) in [5, 5.41) is 4.58. The molecule has 0 saturated heterocycles. The maximum absolute atomic E-state index is 12.5. The third kappa shape index (κ3) is 3.76. The number of nitrogens with one attached hydrogen (secondary N) is 1. The smallest absolute Gasteiger partial charge is 0.267 e. The standard InChI is InChI=1S/C22H21N5O3S/c28-21-12-11-19(15-4-3-13-23-14-15)25-27(21)17-9-7-16(8-10-17)24-22-18-5-1-2-6-20(18)31(29,30)26-22/h1-6,11-14,16-17H,7-10H2,(H,24,26). The molecule has 1 aliphatic heterocycles. The van der Waals surface area contributed by atoms with Crippen molar-refractivity contribution >= 4 is 15.9 Å². The number of amidine groups is 1. The Morgan fingerprint density at radius 2 is 1.81 bits per heavy atom. The number of nitrogens with zero attached hydrogens (tertiary/aromatic N) is 4. The van der Waals surface area contributed by atoms with Gasteiger partial charge in [-0.1, -0.05) is 12.1 Å². The van der Waals surface area contributed by atoms with Gasteiger partial charge < -0.3 is 0 Å². The Labute approximate surface area is 179 Å².